The van der Waals surface area contributed by atoms with Crippen molar-refractivity contribution in [3.8, 4) is 0 Å². The number of rotatable bonds is 4. The highest BCUT2D eigenvalue weighted by Gasteiger charge is 2.18. The van der Waals surface area contributed by atoms with Gasteiger partial charge >= 0.3 is 0 Å². The third kappa shape index (κ3) is 2.85. The fourth-order valence-corrected chi connectivity index (χ4v) is 2.84. The van der Waals surface area contributed by atoms with Gasteiger partial charge in [-0.25, -0.2) is 4.98 Å². The molecule has 0 radical (unpaired) electrons. The second kappa shape index (κ2) is 6.37. The van der Waals surface area contributed by atoms with Gasteiger partial charge < -0.3 is 9.64 Å². The molecule has 1 saturated heterocycles. The Labute approximate surface area is 138 Å². The van der Waals surface area contributed by atoms with Gasteiger partial charge in [0.05, 0.1) is 31.5 Å². The first kappa shape index (κ1) is 14.8. The second-order valence-corrected chi connectivity index (χ2v) is 5.62. The molecule has 4 heterocycles. The first-order chi connectivity index (χ1) is 11.8. The Morgan fingerprint density at radius 1 is 1.17 bits per heavy atom. The molecule has 0 saturated carbocycles. The van der Waals surface area contributed by atoms with Gasteiger partial charge in [0.2, 0.25) is 0 Å². The zero-order valence-electron chi connectivity index (χ0n) is 13.1. The van der Waals surface area contributed by atoms with E-state index < -0.39 is 0 Å². The summed E-state index contributed by atoms with van der Waals surface area (Å²) >= 11 is 0. The van der Waals surface area contributed by atoms with Crippen LogP contribution in [0.5, 0.6) is 0 Å². The van der Waals surface area contributed by atoms with Crippen molar-refractivity contribution in [3.63, 3.8) is 0 Å². The molecular formula is C17H17N5O2. The predicted molar refractivity (Wildman–Crippen MR) is 88.3 cm³/mol. The molecule has 1 aliphatic rings. The van der Waals surface area contributed by atoms with E-state index >= 15 is 0 Å². The quantitative estimate of drug-likeness (QED) is 0.676. The van der Waals surface area contributed by atoms with Crippen molar-refractivity contribution in [3.05, 3.63) is 54.1 Å². The third-order valence-electron chi connectivity index (χ3n) is 4.02. The fourth-order valence-electron chi connectivity index (χ4n) is 2.84. The number of pyridine rings is 1. The number of nitrogens with zero attached hydrogens (tertiary/aromatic N) is 5. The van der Waals surface area contributed by atoms with Gasteiger partial charge in [-0.15, -0.1) is 0 Å². The smallest absolute Gasteiger partial charge is 0.187 e. The monoisotopic (exact) mass is 323 g/mol. The summed E-state index contributed by atoms with van der Waals surface area (Å²) in [5.41, 5.74) is 1.92. The van der Waals surface area contributed by atoms with Crippen molar-refractivity contribution >= 4 is 17.2 Å². The fraction of sp³-hybridized carbons (Fsp3) is 0.294. The second-order valence-electron chi connectivity index (χ2n) is 5.62. The summed E-state index contributed by atoms with van der Waals surface area (Å²) in [4.78, 5) is 23.3. The van der Waals surface area contributed by atoms with Crippen molar-refractivity contribution in [1.82, 2.24) is 19.6 Å². The minimum Gasteiger partial charge on any atom is -0.378 e. The van der Waals surface area contributed by atoms with E-state index in [2.05, 4.69) is 20.0 Å². The minimum absolute atomic E-state index is 0.0418. The molecule has 0 amide bonds. The Morgan fingerprint density at radius 3 is 2.83 bits per heavy atom. The summed E-state index contributed by atoms with van der Waals surface area (Å²) in [6.07, 6.45) is 3.56. The van der Waals surface area contributed by atoms with E-state index in [1.807, 2.05) is 18.2 Å². The number of Topliss-reactive ketones (excluding diaryl/α,β-unsaturated/α-hetero) is 1. The number of anilines is 1. The standard InChI is InChI=1S/C17H17N5O2/c23-15(14-3-1-2-5-18-14)11-13-12-17(21-7-9-24-10-8-21)22-16(20-13)4-6-19-22/h1-6,12H,7-11H2. The maximum Gasteiger partial charge on any atom is 0.187 e. The SMILES string of the molecule is O=C(Cc1cc(N2CCOCC2)n2nccc2n1)c1ccccn1. The molecule has 0 aromatic carbocycles. The zero-order chi connectivity index (χ0) is 16.4. The van der Waals surface area contributed by atoms with Crippen LogP contribution in [-0.4, -0.2) is 51.7 Å². The molecule has 1 fully saturated rings. The van der Waals surface area contributed by atoms with Gasteiger partial charge in [0.15, 0.2) is 11.4 Å². The maximum absolute atomic E-state index is 12.4. The van der Waals surface area contributed by atoms with E-state index in [0.29, 0.717) is 18.9 Å². The van der Waals surface area contributed by atoms with Crippen LogP contribution in [-0.2, 0) is 11.2 Å². The summed E-state index contributed by atoms with van der Waals surface area (Å²) in [7, 11) is 0. The van der Waals surface area contributed by atoms with E-state index in [-0.39, 0.29) is 12.2 Å². The molecule has 0 atom stereocenters. The van der Waals surface area contributed by atoms with Crippen LogP contribution in [0, 0.1) is 0 Å². The molecule has 7 nitrogen and oxygen atoms in total. The highest BCUT2D eigenvalue weighted by atomic mass is 16.5. The molecule has 24 heavy (non-hydrogen) atoms. The number of carbonyl (C=O) groups is 1. The number of morpholine rings is 1. The Bertz CT molecular complexity index is 856. The highest BCUT2D eigenvalue weighted by Crippen LogP contribution is 2.19. The Morgan fingerprint density at radius 2 is 2.04 bits per heavy atom. The molecule has 0 unspecified atom stereocenters. The zero-order valence-corrected chi connectivity index (χ0v) is 13.1. The summed E-state index contributed by atoms with van der Waals surface area (Å²) in [5.74, 6) is 0.900. The topological polar surface area (TPSA) is 72.6 Å². The molecule has 4 rings (SSSR count). The summed E-state index contributed by atoms with van der Waals surface area (Å²) < 4.78 is 7.22. The van der Waals surface area contributed by atoms with Crippen molar-refractivity contribution in [2.45, 2.75) is 6.42 Å². The van der Waals surface area contributed by atoms with Gasteiger partial charge in [-0.3, -0.25) is 9.78 Å². The van der Waals surface area contributed by atoms with Crippen LogP contribution >= 0.6 is 0 Å². The normalized spacial score (nSPS) is 14.9. The van der Waals surface area contributed by atoms with Crippen LogP contribution in [0.15, 0.2) is 42.7 Å². The lowest BCUT2D eigenvalue weighted by Gasteiger charge is -2.29. The van der Waals surface area contributed by atoms with Crippen molar-refractivity contribution in [1.29, 1.82) is 0 Å². The predicted octanol–water partition coefficient (Wildman–Crippen LogP) is 1.39. The number of ether oxygens (including phenoxy) is 1. The molecule has 0 N–H and O–H groups in total. The molecule has 122 valence electrons. The molecule has 1 aliphatic heterocycles. The number of hydrogen-bond donors (Lipinski definition) is 0. The number of aromatic nitrogens is 4. The van der Waals surface area contributed by atoms with E-state index in [4.69, 9.17) is 4.74 Å². The Kier molecular flexibility index (Phi) is 3.92. The maximum atomic E-state index is 12.4. The molecule has 0 bridgehead atoms. The van der Waals surface area contributed by atoms with Crippen LogP contribution in [0.25, 0.3) is 5.65 Å². The number of fused-ring (bicyclic) bond motifs is 1. The minimum atomic E-state index is -0.0418. The number of carbonyl (C=O) groups excluding carboxylic acids is 1. The van der Waals surface area contributed by atoms with Crippen LogP contribution in [0.4, 0.5) is 5.82 Å². The molecule has 3 aromatic heterocycles. The van der Waals surface area contributed by atoms with Gasteiger partial charge in [-0.05, 0) is 12.1 Å². The lowest BCUT2D eigenvalue weighted by molar-refractivity contribution is 0.0987. The van der Waals surface area contributed by atoms with E-state index in [0.717, 1.165) is 30.2 Å². The van der Waals surface area contributed by atoms with Gasteiger partial charge in [-0.2, -0.15) is 9.61 Å². The van der Waals surface area contributed by atoms with Gasteiger partial charge in [-0.1, -0.05) is 6.07 Å². The first-order valence-electron chi connectivity index (χ1n) is 7.92. The van der Waals surface area contributed by atoms with E-state index in [1.54, 1.807) is 29.0 Å². The number of hydrogen-bond acceptors (Lipinski definition) is 6. The van der Waals surface area contributed by atoms with E-state index in [9.17, 15) is 4.79 Å². The largest absolute Gasteiger partial charge is 0.378 e. The Balaban J connectivity index is 1.67. The molecule has 7 heteroatoms. The summed E-state index contributed by atoms with van der Waals surface area (Å²) in [5, 5.41) is 4.35. The molecule has 0 aliphatic carbocycles. The van der Waals surface area contributed by atoms with Crippen molar-refractivity contribution in [2.24, 2.45) is 0 Å². The molecule has 0 spiro atoms. The molecular weight excluding hydrogens is 306 g/mol. The van der Waals surface area contributed by atoms with Gasteiger partial charge in [0, 0.05) is 31.4 Å². The average Bonchev–Trinajstić information content (AvgIpc) is 3.11. The molecule has 3 aromatic rings. The highest BCUT2D eigenvalue weighted by molar-refractivity contribution is 5.95. The van der Waals surface area contributed by atoms with Crippen LogP contribution in [0.1, 0.15) is 16.2 Å². The Hall–Kier alpha value is -2.80. The number of ketones is 1. The van der Waals surface area contributed by atoms with Crippen molar-refractivity contribution < 1.29 is 9.53 Å². The van der Waals surface area contributed by atoms with Crippen LogP contribution < -0.4 is 4.90 Å². The lowest BCUT2D eigenvalue weighted by atomic mass is 10.1. The van der Waals surface area contributed by atoms with Crippen LogP contribution in [0.2, 0.25) is 0 Å². The first-order valence-corrected chi connectivity index (χ1v) is 7.92. The summed E-state index contributed by atoms with van der Waals surface area (Å²) in [6, 6.07) is 9.12. The summed E-state index contributed by atoms with van der Waals surface area (Å²) in [6.45, 7) is 2.97. The van der Waals surface area contributed by atoms with Gasteiger partial charge in [0.25, 0.3) is 0 Å². The van der Waals surface area contributed by atoms with Crippen molar-refractivity contribution in [2.75, 3.05) is 31.2 Å². The third-order valence-corrected chi connectivity index (χ3v) is 4.02. The average molecular weight is 323 g/mol. The van der Waals surface area contributed by atoms with E-state index in [1.165, 1.54) is 0 Å². The lowest BCUT2D eigenvalue weighted by Crippen LogP contribution is -2.37. The van der Waals surface area contributed by atoms with Crippen LogP contribution in [0.3, 0.4) is 0 Å². The van der Waals surface area contributed by atoms with Gasteiger partial charge in [0.1, 0.15) is 11.5 Å².